The number of aryl methyl sites for hydroxylation is 3. The van der Waals surface area contributed by atoms with Crippen molar-refractivity contribution in [3.63, 3.8) is 0 Å². The molecule has 1 aromatic heterocycles. The third-order valence-corrected chi connectivity index (χ3v) is 4.86. The molecule has 4 nitrogen and oxygen atoms in total. The van der Waals surface area contributed by atoms with E-state index in [4.69, 9.17) is 4.74 Å². The van der Waals surface area contributed by atoms with E-state index in [0.29, 0.717) is 17.2 Å². The van der Waals surface area contributed by atoms with Crippen LogP contribution in [-0.2, 0) is 0 Å². The Labute approximate surface area is 141 Å². The number of nitrogens with zero attached hydrogens (tertiary/aromatic N) is 3. The number of benzene rings is 1. The molecule has 0 spiro atoms. The Morgan fingerprint density at radius 1 is 1.13 bits per heavy atom. The van der Waals surface area contributed by atoms with Gasteiger partial charge in [0.05, 0.1) is 17.9 Å². The van der Waals surface area contributed by atoms with Crippen molar-refractivity contribution in [1.29, 1.82) is 5.26 Å². The van der Waals surface area contributed by atoms with E-state index in [1.165, 1.54) is 11.1 Å². The van der Waals surface area contributed by atoms with Crippen LogP contribution in [-0.4, -0.2) is 22.6 Å². The highest BCUT2D eigenvalue weighted by molar-refractivity contribution is 7.99. The van der Waals surface area contributed by atoms with Gasteiger partial charge in [0.2, 0.25) is 0 Å². The molecule has 0 amide bonds. The Morgan fingerprint density at radius 2 is 1.91 bits per heavy atom. The fraction of sp³-hybridized carbons (Fsp3) is 0.389. The van der Waals surface area contributed by atoms with Gasteiger partial charge >= 0.3 is 0 Å². The van der Waals surface area contributed by atoms with Gasteiger partial charge in [-0.1, -0.05) is 6.07 Å². The molecule has 23 heavy (non-hydrogen) atoms. The molecular weight excluding hydrogens is 306 g/mol. The third-order valence-electron chi connectivity index (χ3n) is 3.81. The summed E-state index contributed by atoms with van der Waals surface area (Å²) in [7, 11) is 0. The highest BCUT2D eigenvalue weighted by Crippen LogP contribution is 2.23. The Morgan fingerprint density at radius 3 is 2.61 bits per heavy atom. The number of aromatic nitrogens is 2. The maximum Gasteiger partial charge on any atom is 0.137 e. The van der Waals surface area contributed by atoms with Crippen molar-refractivity contribution in [2.75, 3.05) is 12.4 Å². The van der Waals surface area contributed by atoms with Crippen LogP contribution in [0.1, 0.15) is 34.4 Å². The van der Waals surface area contributed by atoms with Crippen LogP contribution in [0.3, 0.4) is 0 Å². The fourth-order valence-corrected chi connectivity index (χ4v) is 2.94. The van der Waals surface area contributed by atoms with Crippen LogP contribution in [0.5, 0.6) is 5.75 Å². The predicted octanol–water partition coefficient (Wildman–Crippen LogP) is 4.14. The van der Waals surface area contributed by atoms with Gasteiger partial charge in [0.15, 0.2) is 0 Å². The van der Waals surface area contributed by atoms with Crippen molar-refractivity contribution in [3.05, 3.63) is 46.1 Å². The first kappa shape index (κ1) is 17.3. The average Bonchev–Trinajstić information content (AvgIpc) is 2.54. The third kappa shape index (κ3) is 4.46. The Balaban J connectivity index is 1.83. The maximum absolute atomic E-state index is 9.27. The molecule has 0 aliphatic heterocycles. The molecule has 0 radical (unpaired) electrons. The molecule has 5 heteroatoms. The summed E-state index contributed by atoms with van der Waals surface area (Å²) in [6.07, 6.45) is 0.886. The van der Waals surface area contributed by atoms with Crippen LogP contribution in [0, 0.1) is 39.0 Å². The second-order valence-corrected chi connectivity index (χ2v) is 6.58. The highest BCUT2D eigenvalue weighted by Gasteiger charge is 2.11. The second-order valence-electron chi connectivity index (χ2n) is 5.50. The van der Waals surface area contributed by atoms with E-state index in [1.807, 2.05) is 19.9 Å². The number of ether oxygens (including phenoxy) is 1. The lowest BCUT2D eigenvalue weighted by atomic mass is 10.1. The second kappa shape index (κ2) is 7.98. The first-order valence-electron chi connectivity index (χ1n) is 7.59. The molecule has 120 valence electrons. The van der Waals surface area contributed by atoms with E-state index in [1.54, 1.807) is 11.8 Å². The van der Waals surface area contributed by atoms with Gasteiger partial charge in [-0.2, -0.15) is 10.4 Å². The lowest BCUT2D eigenvalue weighted by Gasteiger charge is -2.09. The van der Waals surface area contributed by atoms with Gasteiger partial charge in [-0.3, -0.25) is 0 Å². The highest BCUT2D eigenvalue weighted by atomic mass is 32.2. The summed E-state index contributed by atoms with van der Waals surface area (Å²) in [5.74, 6) is 1.75. The molecular formula is C18H21N3OS. The zero-order valence-electron chi connectivity index (χ0n) is 14.0. The molecule has 0 atom stereocenters. The molecule has 0 N–H and O–H groups in total. The summed E-state index contributed by atoms with van der Waals surface area (Å²) in [5.41, 5.74) is 4.86. The van der Waals surface area contributed by atoms with Crippen LogP contribution >= 0.6 is 11.8 Å². The van der Waals surface area contributed by atoms with Crippen molar-refractivity contribution in [3.8, 4) is 11.8 Å². The van der Waals surface area contributed by atoms with E-state index in [9.17, 15) is 5.26 Å². The van der Waals surface area contributed by atoms with Gasteiger partial charge in [-0.25, -0.2) is 0 Å². The standard InChI is InChI=1S/C18H21N3OS/c1-12-6-7-16(10-13(12)2)22-8-5-9-23-18-17(11-19)14(3)15(4)20-21-18/h6-7,10H,5,8-9H2,1-4H3. The SMILES string of the molecule is Cc1ccc(OCCCSc2nnc(C)c(C)c2C#N)cc1C. The summed E-state index contributed by atoms with van der Waals surface area (Å²) in [6, 6.07) is 8.36. The lowest BCUT2D eigenvalue weighted by molar-refractivity contribution is 0.318. The molecule has 1 aromatic carbocycles. The quantitative estimate of drug-likeness (QED) is 0.589. The minimum absolute atomic E-state index is 0.637. The summed E-state index contributed by atoms with van der Waals surface area (Å²) in [5, 5.41) is 18.2. The number of hydrogen-bond donors (Lipinski definition) is 0. The molecule has 1 heterocycles. The Hall–Kier alpha value is -2.06. The van der Waals surface area contributed by atoms with Gasteiger partial charge in [0.1, 0.15) is 16.8 Å². The predicted molar refractivity (Wildman–Crippen MR) is 93.0 cm³/mol. The van der Waals surface area contributed by atoms with Crippen LogP contribution in [0.25, 0.3) is 0 Å². The maximum atomic E-state index is 9.27. The molecule has 0 aliphatic carbocycles. The molecule has 0 unspecified atom stereocenters. The van der Waals surface area contributed by atoms with E-state index in [0.717, 1.165) is 29.2 Å². The normalized spacial score (nSPS) is 10.4. The average molecular weight is 327 g/mol. The molecule has 0 saturated carbocycles. The fourth-order valence-electron chi connectivity index (χ4n) is 2.04. The van der Waals surface area contributed by atoms with Gasteiger partial charge in [-0.15, -0.1) is 16.9 Å². The number of hydrogen-bond acceptors (Lipinski definition) is 5. The summed E-state index contributed by atoms with van der Waals surface area (Å²) in [6.45, 7) is 8.60. The van der Waals surface area contributed by atoms with Gasteiger partial charge in [0.25, 0.3) is 0 Å². The van der Waals surface area contributed by atoms with Crippen LogP contribution in [0.15, 0.2) is 23.2 Å². The number of nitriles is 1. The van der Waals surface area contributed by atoms with Gasteiger partial charge in [0, 0.05) is 5.75 Å². The van der Waals surface area contributed by atoms with E-state index in [2.05, 4.69) is 42.2 Å². The minimum atomic E-state index is 0.637. The van der Waals surface area contributed by atoms with Crippen LogP contribution in [0.2, 0.25) is 0 Å². The van der Waals surface area contributed by atoms with E-state index >= 15 is 0 Å². The monoisotopic (exact) mass is 327 g/mol. The lowest BCUT2D eigenvalue weighted by Crippen LogP contribution is -2.02. The zero-order chi connectivity index (χ0) is 16.8. The van der Waals surface area contributed by atoms with Gasteiger partial charge < -0.3 is 4.74 Å². The Bertz CT molecular complexity index is 738. The zero-order valence-corrected chi connectivity index (χ0v) is 14.8. The molecule has 2 rings (SSSR count). The largest absolute Gasteiger partial charge is 0.494 e. The van der Waals surface area contributed by atoms with Crippen molar-refractivity contribution < 1.29 is 4.74 Å². The number of rotatable bonds is 6. The first-order chi connectivity index (χ1) is 11.0. The number of thioether (sulfide) groups is 1. The summed E-state index contributed by atoms with van der Waals surface area (Å²) < 4.78 is 5.76. The molecule has 0 fully saturated rings. The minimum Gasteiger partial charge on any atom is -0.494 e. The van der Waals surface area contributed by atoms with E-state index < -0.39 is 0 Å². The van der Waals surface area contributed by atoms with Crippen molar-refractivity contribution in [1.82, 2.24) is 10.2 Å². The molecule has 0 bridgehead atoms. The first-order valence-corrected chi connectivity index (χ1v) is 8.58. The molecule has 0 saturated heterocycles. The van der Waals surface area contributed by atoms with E-state index in [-0.39, 0.29) is 0 Å². The molecule has 0 aliphatic rings. The van der Waals surface area contributed by atoms with Crippen molar-refractivity contribution in [2.45, 2.75) is 39.1 Å². The smallest absolute Gasteiger partial charge is 0.137 e. The van der Waals surface area contributed by atoms with Crippen LogP contribution in [0.4, 0.5) is 0 Å². The van der Waals surface area contributed by atoms with Crippen LogP contribution < -0.4 is 4.74 Å². The topological polar surface area (TPSA) is 58.8 Å². The summed E-state index contributed by atoms with van der Waals surface area (Å²) in [4.78, 5) is 0. The van der Waals surface area contributed by atoms with Crippen molar-refractivity contribution in [2.24, 2.45) is 0 Å². The summed E-state index contributed by atoms with van der Waals surface area (Å²) >= 11 is 1.56. The molecule has 2 aromatic rings. The van der Waals surface area contributed by atoms with Gasteiger partial charge in [-0.05, 0) is 62.9 Å². The van der Waals surface area contributed by atoms with Crippen molar-refractivity contribution >= 4 is 11.8 Å². The Kier molecular flexibility index (Phi) is 6.00.